The van der Waals surface area contributed by atoms with Crippen LogP contribution in [0.4, 0.5) is 0 Å². The molecule has 0 spiro atoms. The van der Waals surface area contributed by atoms with Crippen LogP contribution in [0.1, 0.15) is 21.0 Å². The molecule has 1 rings (SSSR count). The van der Waals surface area contributed by atoms with E-state index in [4.69, 9.17) is 10.2 Å². The summed E-state index contributed by atoms with van der Waals surface area (Å²) in [5.74, 6) is -2.48. The number of nitrogens with zero attached hydrogens (tertiary/aromatic N) is 1. The second-order valence-corrected chi connectivity index (χ2v) is 2.02. The van der Waals surface area contributed by atoms with Crippen LogP contribution in [0.2, 0.25) is 0 Å². The van der Waals surface area contributed by atoms with Gasteiger partial charge in [0.15, 0.2) is 0 Å². The molecule has 1 heterocycles. The predicted octanol–water partition coefficient (Wildman–Crippen LogP) is 0.802. The number of carboxylic acid groups (broad SMARTS) is 2. The maximum absolute atomic E-state index is 10.3. The molecule has 0 aromatic carbocycles. The van der Waals surface area contributed by atoms with Gasteiger partial charge in [0.25, 0.3) is 0 Å². The molecule has 1 aromatic heterocycles. The lowest BCUT2D eigenvalue weighted by molar-refractivity contribution is 0.0685. The van der Waals surface area contributed by atoms with Gasteiger partial charge in [-0.25, -0.2) is 14.6 Å². The van der Waals surface area contributed by atoms with E-state index >= 15 is 0 Å². The lowest BCUT2D eigenvalue weighted by Crippen LogP contribution is -2.06. The van der Waals surface area contributed by atoms with Gasteiger partial charge in [-0.15, -0.1) is 0 Å². The second-order valence-electron chi connectivity index (χ2n) is 2.02. The Labute approximate surface area is 79.6 Å². The minimum absolute atomic E-state index is 0. The van der Waals surface area contributed by atoms with Gasteiger partial charge in [0.2, 0.25) is 0 Å². The van der Waals surface area contributed by atoms with Crippen molar-refractivity contribution in [3.63, 3.8) is 0 Å². The third-order valence-electron chi connectivity index (χ3n) is 1.19. The molecule has 14 heavy (non-hydrogen) atoms. The summed E-state index contributed by atoms with van der Waals surface area (Å²) >= 11 is 0. The van der Waals surface area contributed by atoms with E-state index in [1.54, 1.807) is 0 Å². The maximum atomic E-state index is 10.3. The molecular formula is C7H11N3O4. The first-order valence-corrected chi connectivity index (χ1v) is 3.05. The molecule has 0 radical (unpaired) electrons. The standard InChI is InChI=1S/C7H5NO4.2H3N/c9-6(10)4-2-1-3-5(8-4)7(11)12;;/h1-3H,(H,9,10)(H,11,12);2*1H3. The van der Waals surface area contributed by atoms with Gasteiger partial charge in [-0.2, -0.15) is 0 Å². The fraction of sp³-hybridized carbons (Fsp3) is 0. The average molecular weight is 201 g/mol. The maximum Gasteiger partial charge on any atom is 0.354 e. The van der Waals surface area contributed by atoms with Gasteiger partial charge >= 0.3 is 11.9 Å². The summed E-state index contributed by atoms with van der Waals surface area (Å²) in [6, 6.07) is 3.80. The van der Waals surface area contributed by atoms with Crippen LogP contribution in [0.3, 0.4) is 0 Å². The highest BCUT2D eigenvalue weighted by molar-refractivity contribution is 5.89. The average Bonchev–Trinajstić information content (AvgIpc) is 2.04. The minimum atomic E-state index is -1.24. The van der Waals surface area contributed by atoms with Gasteiger partial charge in [-0.3, -0.25) is 0 Å². The molecule has 0 fully saturated rings. The highest BCUT2D eigenvalue weighted by Gasteiger charge is 2.08. The third-order valence-corrected chi connectivity index (χ3v) is 1.19. The lowest BCUT2D eigenvalue weighted by Gasteiger charge is -1.94. The first kappa shape index (κ1) is 14.5. The summed E-state index contributed by atoms with van der Waals surface area (Å²) in [6.45, 7) is 0. The fourth-order valence-corrected chi connectivity index (χ4v) is 0.673. The van der Waals surface area contributed by atoms with Crippen molar-refractivity contribution in [1.29, 1.82) is 0 Å². The second kappa shape index (κ2) is 5.62. The van der Waals surface area contributed by atoms with Crippen LogP contribution in [0.15, 0.2) is 18.2 Å². The van der Waals surface area contributed by atoms with Crippen molar-refractivity contribution in [2.45, 2.75) is 0 Å². The summed E-state index contributed by atoms with van der Waals surface area (Å²) in [7, 11) is 0. The monoisotopic (exact) mass is 201 g/mol. The van der Waals surface area contributed by atoms with Gasteiger partial charge in [0.1, 0.15) is 11.4 Å². The molecule has 0 bridgehead atoms. The quantitative estimate of drug-likeness (QED) is 0.550. The third kappa shape index (κ3) is 3.17. The van der Waals surface area contributed by atoms with Crippen molar-refractivity contribution in [3.8, 4) is 0 Å². The highest BCUT2D eigenvalue weighted by Crippen LogP contribution is 1.98. The first-order valence-electron chi connectivity index (χ1n) is 3.05. The number of hydrogen-bond acceptors (Lipinski definition) is 5. The van der Waals surface area contributed by atoms with E-state index in [-0.39, 0.29) is 23.7 Å². The Morgan fingerprint density at radius 3 is 1.64 bits per heavy atom. The van der Waals surface area contributed by atoms with E-state index in [0.29, 0.717) is 0 Å². The van der Waals surface area contributed by atoms with Gasteiger partial charge in [-0.05, 0) is 12.1 Å². The van der Waals surface area contributed by atoms with Crippen molar-refractivity contribution in [2.75, 3.05) is 0 Å². The zero-order chi connectivity index (χ0) is 9.14. The Morgan fingerprint density at radius 2 is 1.36 bits per heavy atom. The molecule has 0 aliphatic carbocycles. The Hall–Kier alpha value is -1.99. The van der Waals surface area contributed by atoms with Crippen LogP contribution in [0, 0.1) is 0 Å². The van der Waals surface area contributed by atoms with Crippen molar-refractivity contribution in [2.24, 2.45) is 0 Å². The number of pyridine rings is 1. The fourth-order valence-electron chi connectivity index (χ4n) is 0.673. The van der Waals surface area contributed by atoms with Gasteiger partial charge < -0.3 is 22.5 Å². The van der Waals surface area contributed by atoms with Crippen molar-refractivity contribution < 1.29 is 19.8 Å². The SMILES string of the molecule is N.N.O=C(O)c1cccc(C(=O)O)n1. The predicted molar refractivity (Wildman–Crippen MR) is 48.2 cm³/mol. The van der Waals surface area contributed by atoms with Crippen LogP contribution >= 0.6 is 0 Å². The summed E-state index contributed by atoms with van der Waals surface area (Å²) in [4.78, 5) is 24.0. The molecule has 7 heteroatoms. The molecule has 8 N–H and O–H groups in total. The van der Waals surface area contributed by atoms with Crippen LogP contribution < -0.4 is 12.3 Å². The summed E-state index contributed by atoms with van der Waals surface area (Å²) in [6.07, 6.45) is 0. The number of carboxylic acids is 2. The smallest absolute Gasteiger partial charge is 0.354 e. The normalized spacial score (nSPS) is 8.00. The zero-order valence-corrected chi connectivity index (χ0v) is 7.30. The molecule has 0 aliphatic heterocycles. The number of carbonyl (C=O) groups is 2. The number of aromatic nitrogens is 1. The number of rotatable bonds is 2. The van der Waals surface area contributed by atoms with Crippen LogP contribution in [-0.2, 0) is 0 Å². The van der Waals surface area contributed by atoms with Crippen molar-refractivity contribution in [1.82, 2.24) is 17.3 Å². The first-order chi connectivity index (χ1) is 5.61. The van der Waals surface area contributed by atoms with E-state index in [0.717, 1.165) is 0 Å². The topological polar surface area (TPSA) is 157 Å². The molecule has 78 valence electrons. The van der Waals surface area contributed by atoms with Crippen LogP contribution in [0.25, 0.3) is 0 Å². The molecule has 0 amide bonds. The lowest BCUT2D eigenvalue weighted by atomic mass is 10.3. The molecule has 0 saturated carbocycles. The van der Waals surface area contributed by atoms with Crippen molar-refractivity contribution >= 4 is 11.9 Å². The Kier molecular flexibility index (Phi) is 5.83. The molecule has 0 saturated heterocycles. The van der Waals surface area contributed by atoms with E-state index in [1.165, 1.54) is 18.2 Å². The molecule has 0 aliphatic rings. The van der Waals surface area contributed by atoms with Crippen LogP contribution in [0.5, 0.6) is 0 Å². The highest BCUT2D eigenvalue weighted by atomic mass is 16.4. The molecule has 0 atom stereocenters. The Bertz CT molecular complexity index is 310. The molecule has 0 unspecified atom stereocenters. The molecule has 7 nitrogen and oxygen atoms in total. The van der Waals surface area contributed by atoms with Gasteiger partial charge in [-0.1, -0.05) is 6.07 Å². The minimum Gasteiger partial charge on any atom is -0.477 e. The number of aromatic carboxylic acids is 2. The van der Waals surface area contributed by atoms with E-state index in [1.807, 2.05) is 0 Å². The van der Waals surface area contributed by atoms with E-state index < -0.39 is 11.9 Å². The Morgan fingerprint density at radius 1 is 1.00 bits per heavy atom. The number of hydrogen-bond donors (Lipinski definition) is 4. The summed E-state index contributed by atoms with van der Waals surface area (Å²) < 4.78 is 0. The van der Waals surface area contributed by atoms with Crippen LogP contribution in [-0.4, -0.2) is 27.1 Å². The summed E-state index contributed by atoms with van der Waals surface area (Å²) in [5, 5.41) is 16.9. The van der Waals surface area contributed by atoms with Crippen molar-refractivity contribution in [3.05, 3.63) is 29.6 Å². The Balaban J connectivity index is 0. The van der Waals surface area contributed by atoms with Gasteiger partial charge in [0.05, 0.1) is 0 Å². The molecular weight excluding hydrogens is 190 g/mol. The van der Waals surface area contributed by atoms with Gasteiger partial charge in [0, 0.05) is 0 Å². The summed E-state index contributed by atoms with van der Waals surface area (Å²) in [5.41, 5.74) is -0.537. The largest absolute Gasteiger partial charge is 0.477 e. The molecule has 1 aromatic rings. The zero-order valence-electron chi connectivity index (χ0n) is 7.30. The van der Waals surface area contributed by atoms with E-state index in [2.05, 4.69) is 4.98 Å². The van der Waals surface area contributed by atoms with E-state index in [9.17, 15) is 9.59 Å².